The van der Waals surface area contributed by atoms with Gasteiger partial charge in [-0.25, -0.2) is 4.39 Å². The number of nitrogens with one attached hydrogen (secondary N) is 1. The number of methoxy groups -OCH3 is 2. The predicted octanol–water partition coefficient (Wildman–Crippen LogP) is 3.75. The third-order valence-corrected chi connectivity index (χ3v) is 3.31. The molecule has 0 heterocycles. The van der Waals surface area contributed by atoms with E-state index < -0.39 is 0 Å². The van der Waals surface area contributed by atoms with Gasteiger partial charge in [0.15, 0.2) is 0 Å². The van der Waals surface area contributed by atoms with Gasteiger partial charge < -0.3 is 14.8 Å². The first-order chi connectivity index (χ1) is 10.2. The molecule has 2 rings (SSSR count). The maximum absolute atomic E-state index is 12.8. The summed E-state index contributed by atoms with van der Waals surface area (Å²) in [6.07, 6.45) is 0.854. The Hall–Kier alpha value is -1.59. The molecule has 0 unspecified atom stereocenters. The molecular weight excluding hydrogens is 349 g/mol. The van der Waals surface area contributed by atoms with Crippen LogP contribution in [-0.2, 0) is 13.0 Å². The van der Waals surface area contributed by atoms with Gasteiger partial charge in [0.05, 0.1) is 14.2 Å². The third-order valence-electron chi connectivity index (χ3n) is 3.31. The van der Waals surface area contributed by atoms with Crippen LogP contribution in [0, 0.1) is 5.82 Å². The van der Waals surface area contributed by atoms with Gasteiger partial charge in [0, 0.05) is 12.1 Å². The molecule has 22 heavy (non-hydrogen) atoms. The Balaban J connectivity index is 0.00000242. The summed E-state index contributed by atoms with van der Waals surface area (Å²) < 4.78 is 23.4. The molecule has 1 N–H and O–H groups in total. The van der Waals surface area contributed by atoms with Crippen molar-refractivity contribution < 1.29 is 13.9 Å². The van der Waals surface area contributed by atoms with Crippen LogP contribution in [0.3, 0.4) is 0 Å². The van der Waals surface area contributed by atoms with Gasteiger partial charge in [-0.1, -0.05) is 12.1 Å². The summed E-state index contributed by atoms with van der Waals surface area (Å²) in [6, 6.07) is 12.3. The standard InChI is InChI=1S/C17H20FNO2.BrH/c1-20-16-7-8-17(21-2)14(11-16)12-19-10-9-13-3-5-15(18)6-4-13;/h3-8,11,19H,9-10,12H2,1-2H3;1H. The van der Waals surface area contributed by atoms with E-state index >= 15 is 0 Å². The molecule has 0 saturated carbocycles. The molecule has 0 aliphatic rings. The molecular formula is C17H21BrFNO2. The molecule has 2 aromatic carbocycles. The van der Waals surface area contributed by atoms with Crippen LogP contribution in [-0.4, -0.2) is 20.8 Å². The second-order valence-electron chi connectivity index (χ2n) is 4.73. The zero-order valence-electron chi connectivity index (χ0n) is 12.8. The number of hydrogen-bond donors (Lipinski definition) is 1. The minimum atomic E-state index is -0.201. The second kappa shape index (κ2) is 9.43. The van der Waals surface area contributed by atoms with Crippen LogP contribution < -0.4 is 14.8 Å². The topological polar surface area (TPSA) is 30.5 Å². The van der Waals surface area contributed by atoms with E-state index in [2.05, 4.69) is 5.32 Å². The Bertz CT molecular complexity index is 575. The van der Waals surface area contributed by atoms with Crippen LogP contribution in [0.2, 0.25) is 0 Å². The molecule has 0 radical (unpaired) electrons. The van der Waals surface area contributed by atoms with Crippen molar-refractivity contribution in [3.63, 3.8) is 0 Å². The highest BCUT2D eigenvalue weighted by Crippen LogP contribution is 2.23. The largest absolute Gasteiger partial charge is 0.497 e. The lowest BCUT2D eigenvalue weighted by molar-refractivity contribution is 0.397. The van der Waals surface area contributed by atoms with Crippen LogP contribution in [0.1, 0.15) is 11.1 Å². The Morgan fingerprint density at radius 3 is 2.36 bits per heavy atom. The molecule has 0 aliphatic carbocycles. The number of ether oxygens (including phenoxy) is 2. The first kappa shape index (κ1) is 18.5. The van der Waals surface area contributed by atoms with Crippen molar-refractivity contribution in [3.8, 4) is 11.5 Å². The van der Waals surface area contributed by atoms with E-state index in [0.29, 0.717) is 6.54 Å². The van der Waals surface area contributed by atoms with Gasteiger partial charge in [-0.15, -0.1) is 17.0 Å². The van der Waals surface area contributed by atoms with Crippen LogP contribution in [0.15, 0.2) is 42.5 Å². The van der Waals surface area contributed by atoms with E-state index in [9.17, 15) is 4.39 Å². The van der Waals surface area contributed by atoms with Gasteiger partial charge in [-0.05, 0) is 48.9 Å². The number of rotatable bonds is 7. The van der Waals surface area contributed by atoms with Crippen LogP contribution in [0.4, 0.5) is 4.39 Å². The van der Waals surface area contributed by atoms with Gasteiger partial charge in [0.2, 0.25) is 0 Å². The molecule has 3 nitrogen and oxygen atoms in total. The van der Waals surface area contributed by atoms with Crippen molar-refractivity contribution in [3.05, 3.63) is 59.4 Å². The SMILES string of the molecule is Br.COc1ccc(OC)c(CNCCc2ccc(F)cc2)c1. The summed E-state index contributed by atoms with van der Waals surface area (Å²) in [7, 11) is 3.30. The summed E-state index contributed by atoms with van der Waals surface area (Å²) in [6.45, 7) is 1.51. The van der Waals surface area contributed by atoms with Crippen LogP contribution in [0.5, 0.6) is 11.5 Å². The molecule has 2 aromatic rings. The summed E-state index contributed by atoms with van der Waals surface area (Å²) in [5.74, 6) is 1.45. The van der Waals surface area contributed by atoms with E-state index in [1.165, 1.54) is 12.1 Å². The molecule has 0 aromatic heterocycles. The van der Waals surface area contributed by atoms with Crippen molar-refractivity contribution in [2.75, 3.05) is 20.8 Å². The highest BCUT2D eigenvalue weighted by molar-refractivity contribution is 8.93. The quantitative estimate of drug-likeness (QED) is 0.753. The Morgan fingerprint density at radius 1 is 1.00 bits per heavy atom. The van der Waals surface area contributed by atoms with Crippen molar-refractivity contribution in [1.29, 1.82) is 0 Å². The summed E-state index contributed by atoms with van der Waals surface area (Å²) in [5.41, 5.74) is 2.16. The third kappa shape index (κ3) is 5.31. The normalized spacial score (nSPS) is 9.95. The van der Waals surface area contributed by atoms with E-state index in [1.807, 2.05) is 30.3 Å². The fraction of sp³-hybridized carbons (Fsp3) is 0.294. The van der Waals surface area contributed by atoms with Crippen molar-refractivity contribution >= 4 is 17.0 Å². The maximum atomic E-state index is 12.8. The highest BCUT2D eigenvalue weighted by atomic mass is 79.9. The number of halogens is 2. The lowest BCUT2D eigenvalue weighted by Gasteiger charge is -2.11. The van der Waals surface area contributed by atoms with Gasteiger partial charge in [-0.2, -0.15) is 0 Å². The molecule has 0 aliphatic heterocycles. The smallest absolute Gasteiger partial charge is 0.123 e. The molecule has 0 atom stereocenters. The molecule has 5 heteroatoms. The van der Waals surface area contributed by atoms with Crippen molar-refractivity contribution in [1.82, 2.24) is 5.32 Å². The van der Waals surface area contributed by atoms with Gasteiger partial charge >= 0.3 is 0 Å². The Kier molecular flexibility index (Phi) is 7.91. The first-order valence-electron chi connectivity index (χ1n) is 6.89. The van der Waals surface area contributed by atoms with Crippen LogP contribution in [0.25, 0.3) is 0 Å². The summed E-state index contributed by atoms with van der Waals surface area (Å²) in [4.78, 5) is 0. The predicted molar refractivity (Wildman–Crippen MR) is 91.7 cm³/mol. The number of hydrogen-bond acceptors (Lipinski definition) is 3. The molecule has 0 spiro atoms. The lowest BCUT2D eigenvalue weighted by atomic mass is 10.1. The Labute approximate surface area is 141 Å². The molecule has 0 saturated heterocycles. The zero-order chi connectivity index (χ0) is 15.1. The fourth-order valence-electron chi connectivity index (χ4n) is 2.13. The average molecular weight is 370 g/mol. The van der Waals surface area contributed by atoms with Gasteiger partial charge in [-0.3, -0.25) is 0 Å². The van der Waals surface area contributed by atoms with Crippen molar-refractivity contribution in [2.24, 2.45) is 0 Å². The minimum absolute atomic E-state index is 0. The van der Waals surface area contributed by atoms with E-state index in [1.54, 1.807) is 14.2 Å². The summed E-state index contributed by atoms with van der Waals surface area (Å²) in [5, 5.41) is 3.36. The lowest BCUT2D eigenvalue weighted by Crippen LogP contribution is -2.17. The van der Waals surface area contributed by atoms with Gasteiger partial charge in [0.25, 0.3) is 0 Å². The molecule has 0 bridgehead atoms. The van der Waals surface area contributed by atoms with Crippen molar-refractivity contribution in [2.45, 2.75) is 13.0 Å². The molecule has 0 fully saturated rings. The van der Waals surface area contributed by atoms with Gasteiger partial charge in [0.1, 0.15) is 17.3 Å². The van der Waals surface area contributed by atoms with E-state index in [4.69, 9.17) is 9.47 Å². The highest BCUT2D eigenvalue weighted by Gasteiger charge is 2.04. The van der Waals surface area contributed by atoms with E-state index in [-0.39, 0.29) is 22.8 Å². The number of benzene rings is 2. The summed E-state index contributed by atoms with van der Waals surface area (Å²) >= 11 is 0. The maximum Gasteiger partial charge on any atom is 0.123 e. The second-order valence-corrected chi connectivity index (χ2v) is 4.73. The van der Waals surface area contributed by atoms with Crippen LogP contribution >= 0.6 is 17.0 Å². The first-order valence-corrected chi connectivity index (χ1v) is 6.89. The molecule has 0 amide bonds. The van der Waals surface area contributed by atoms with E-state index in [0.717, 1.165) is 35.6 Å². The minimum Gasteiger partial charge on any atom is -0.497 e. The monoisotopic (exact) mass is 369 g/mol. The zero-order valence-corrected chi connectivity index (χ0v) is 14.5. The molecule has 120 valence electrons. The Morgan fingerprint density at radius 2 is 1.73 bits per heavy atom. The average Bonchev–Trinajstić information content (AvgIpc) is 2.53. The fourth-order valence-corrected chi connectivity index (χ4v) is 2.13.